The maximum atomic E-state index is 2.39. The normalized spacial score (nSPS) is 12.2. The SMILES string of the molecule is CCCCCC(CCC)CC[n+]1ccn(C)c1C.[I-]. The molecule has 0 N–H and O–H groups in total. The molecule has 0 bridgehead atoms. The van der Waals surface area contributed by atoms with Gasteiger partial charge in [0.05, 0.1) is 13.6 Å². The average Bonchev–Trinajstić information content (AvgIpc) is 2.67. The minimum absolute atomic E-state index is 0. The molecule has 0 aliphatic carbocycles. The predicted octanol–water partition coefficient (Wildman–Crippen LogP) is 1.01. The molecule has 1 heterocycles. The second kappa shape index (κ2) is 10.7. The first kappa shape index (κ1) is 18.9. The van der Waals surface area contributed by atoms with E-state index in [1.807, 2.05) is 0 Å². The number of imidazole rings is 1. The number of halogens is 1. The van der Waals surface area contributed by atoms with Crippen molar-refractivity contribution in [3.05, 3.63) is 18.2 Å². The number of unbranched alkanes of at least 4 members (excludes halogenated alkanes) is 2. The van der Waals surface area contributed by atoms with E-state index in [0.29, 0.717) is 0 Å². The Labute approximate surface area is 136 Å². The number of aromatic nitrogens is 2. The molecule has 1 atom stereocenters. The summed E-state index contributed by atoms with van der Waals surface area (Å²) < 4.78 is 4.59. The predicted molar refractivity (Wildman–Crippen MR) is 77.5 cm³/mol. The van der Waals surface area contributed by atoms with Crippen molar-refractivity contribution in [2.45, 2.75) is 72.3 Å². The van der Waals surface area contributed by atoms with E-state index < -0.39 is 0 Å². The van der Waals surface area contributed by atoms with Crippen molar-refractivity contribution in [2.75, 3.05) is 0 Å². The molecular weight excluding hydrogens is 347 g/mol. The number of aryl methyl sites for hydroxylation is 2. The van der Waals surface area contributed by atoms with E-state index in [1.54, 1.807) is 0 Å². The third-order valence-electron chi connectivity index (χ3n) is 4.09. The Morgan fingerprint density at radius 1 is 1.11 bits per heavy atom. The fourth-order valence-electron chi connectivity index (χ4n) is 2.68. The van der Waals surface area contributed by atoms with Crippen LogP contribution in [0.15, 0.2) is 12.4 Å². The molecule has 0 saturated heterocycles. The van der Waals surface area contributed by atoms with Crippen molar-refractivity contribution in [1.82, 2.24) is 4.57 Å². The lowest BCUT2D eigenvalue weighted by Gasteiger charge is -2.14. The quantitative estimate of drug-likeness (QED) is 0.345. The van der Waals surface area contributed by atoms with Crippen LogP contribution in [0, 0.1) is 12.8 Å². The summed E-state index contributed by atoms with van der Waals surface area (Å²) in [5, 5.41) is 0. The minimum Gasteiger partial charge on any atom is -1.00 e. The summed E-state index contributed by atoms with van der Waals surface area (Å²) in [6.45, 7) is 7.99. The van der Waals surface area contributed by atoms with Crippen molar-refractivity contribution in [2.24, 2.45) is 13.0 Å². The molecule has 1 aromatic rings. The molecule has 0 aliphatic rings. The summed E-state index contributed by atoms with van der Waals surface area (Å²) in [6, 6.07) is 0. The van der Waals surface area contributed by atoms with Crippen LogP contribution in [0.1, 0.15) is 64.6 Å². The summed E-state index contributed by atoms with van der Waals surface area (Å²) >= 11 is 0. The summed E-state index contributed by atoms with van der Waals surface area (Å²) in [4.78, 5) is 0. The van der Waals surface area contributed by atoms with Crippen LogP contribution in [0.25, 0.3) is 0 Å². The minimum atomic E-state index is 0. The Hall–Kier alpha value is -0.0600. The van der Waals surface area contributed by atoms with Crippen LogP contribution >= 0.6 is 0 Å². The van der Waals surface area contributed by atoms with Gasteiger partial charge in [-0.3, -0.25) is 0 Å². The Morgan fingerprint density at radius 3 is 2.37 bits per heavy atom. The zero-order valence-corrected chi connectivity index (χ0v) is 15.3. The lowest BCUT2D eigenvalue weighted by molar-refractivity contribution is -0.703. The highest BCUT2D eigenvalue weighted by atomic mass is 127. The van der Waals surface area contributed by atoms with Crippen LogP contribution in [0.5, 0.6) is 0 Å². The van der Waals surface area contributed by atoms with Crippen LogP contribution < -0.4 is 28.5 Å². The number of rotatable bonds is 9. The largest absolute Gasteiger partial charge is 1.00 e. The van der Waals surface area contributed by atoms with Crippen molar-refractivity contribution in [3.63, 3.8) is 0 Å². The zero-order valence-electron chi connectivity index (χ0n) is 13.2. The van der Waals surface area contributed by atoms with Crippen LogP contribution in [-0.2, 0) is 13.6 Å². The highest BCUT2D eigenvalue weighted by molar-refractivity contribution is 4.76. The van der Waals surface area contributed by atoms with Crippen molar-refractivity contribution in [3.8, 4) is 0 Å². The first-order chi connectivity index (χ1) is 8.69. The number of hydrogen-bond acceptors (Lipinski definition) is 0. The van der Waals surface area contributed by atoms with Crippen LogP contribution in [-0.4, -0.2) is 4.57 Å². The van der Waals surface area contributed by atoms with Crippen molar-refractivity contribution < 1.29 is 28.5 Å². The molecule has 0 saturated carbocycles. The van der Waals surface area contributed by atoms with Crippen molar-refractivity contribution >= 4 is 0 Å². The van der Waals surface area contributed by atoms with Gasteiger partial charge in [-0.15, -0.1) is 0 Å². The summed E-state index contributed by atoms with van der Waals surface area (Å²) in [7, 11) is 2.12. The first-order valence-electron chi connectivity index (χ1n) is 7.70. The number of nitrogens with zero attached hydrogens (tertiary/aromatic N) is 2. The molecule has 1 aromatic heterocycles. The molecule has 2 nitrogen and oxygen atoms in total. The second-order valence-electron chi connectivity index (χ2n) is 5.59. The van der Waals surface area contributed by atoms with Gasteiger partial charge in [0.2, 0.25) is 0 Å². The molecule has 0 aromatic carbocycles. The van der Waals surface area contributed by atoms with Gasteiger partial charge >= 0.3 is 0 Å². The van der Waals surface area contributed by atoms with Crippen LogP contribution in [0.2, 0.25) is 0 Å². The molecule has 3 heteroatoms. The Kier molecular flexibility index (Phi) is 10.7. The molecule has 0 radical (unpaired) electrons. The van der Waals surface area contributed by atoms with Crippen LogP contribution in [0.4, 0.5) is 0 Å². The summed E-state index contributed by atoms with van der Waals surface area (Å²) in [5.74, 6) is 2.28. The van der Waals surface area contributed by atoms with Gasteiger partial charge in [-0.05, 0) is 12.3 Å². The van der Waals surface area contributed by atoms with E-state index in [1.165, 1.54) is 57.3 Å². The summed E-state index contributed by atoms with van der Waals surface area (Å²) in [6.07, 6.45) is 14.0. The smallest absolute Gasteiger partial charge is 0.253 e. The highest BCUT2D eigenvalue weighted by Gasteiger charge is 2.12. The van der Waals surface area contributed by atoms with Gasteiger partial charge < -0.3 is 24.0 Å². The van der Waals surface area contributed by atoms with Gasteiger partial charge in [0.1, 0.15) is 12.4 Å². The monoisotopic (exact) mass is 378 g/mol. The van der Waals surface area contributed by atoms with Crippen molar-refractivity contribution in [1.29, 1.82) is 0 Å². The zero-order chi connectivity index (χ0) is 13.4. The molecule has 1 unspecified atom stereocenters. The fourth-order valence-corrected chi connectivity index (χ4v) is 2.68. The maximum absolute atomic E-state index is 2.39. The Morgan fingerprint density at radius 2 is 1.84 bits per heavy atom. The van der Waals surface area contributed by atoms with E-state index in [2.05, 4.69) is 49.3 Å². The average molecular weight is 378 g/mol. The number of hydrogen-bond donors (Lipinski definition) is 0. The van der Waals surface area contributed by atoms with Gasteiger partial charge in [-0.1, -0.05) is 52.4 Å². The molecule has 0 aliphatic heterocycles. The topological polar surface area (TPSA) is 8.81 Å². The maximum Gasteiger partial charge on any atom is 0.253 e. The lowest BCUT2D eigenvalue weighted by atomic mass is 9.93. The molecule has 0 amide bonds. The molecule has 19 heavy (non-hydrogen) atoms. The van der Waals surface area contributed by atoms with Gasteiger partial charge in [-0.2, -0.15) is 0 Å². The van der Waals surface area contributed by atoms with E-state index in [-0.39, 0.29) is 24.0 Å². The van der Waals surface area contributed by atoms with Crippen LogP contribution in [0.3, 0.4) is 0 Å². The van der Waals surface area contributed by atoms with Gasteiger partial charge in [-0.25, -0.2) is 9.13 Å². The first-order valence-corrected chi connectivity index (χ1v) is 7.70. The second-order valence-corrected chi connectivity index (χ2v) is 5.59. The molecule has 112 valence electrons. The van der Waals surface area contributed by atoms with E-state index in [0.717, 1.165) is 5.92 Å². The molecule has 1 rings (SSSR count). The third kappa shape index (κ3) is 6.77. The fraction of sp³-hybridized carbons (Fsp3) is 0.812. The highest BCUT2D eigenvalue weighted by Crippen LogP contribution is 2.19. The third-order valence-corrected chi connectivity index (χ3v) is 4.09. The van der Waals surface area contributed by atoms with E-state index in [9.17, 15) is 0 Å². The standard InChI is InChI=1S/C16H31N2.HI/c1-5-7-8-10-16(9-6-2)11-12-18-14-13-17(4)15(18)3;/h13-14,16H,5-12H2,1-4H3;1H/q+1;/p-1. The van der Waals surface area contributed by atoms with E-state index >= 15 is 0 Å². The van der Waals surface area contributed by atoms with Gasteiger partial charge in [0.25, 0.3) is 5.82 Å². The lowest BCUT2D eigenvalue weighted by Crippen LogP contribution is -3.00. The van der Waals surface area contributed by atoms with E-state index in [4.69, 9.17) is 0 Å². The molecule has 0 spiro atoms. The summed E-state index contributed by atoms with van der Waals surface area (Å²) in [5.41, 5.74) is 0. The Balaban J connectivity index is 0.00000324. The Bertz CT molecular complexity index is 333. The van der Waals surface area contributed by atoms with Gasteiger partial charge in [0, 0.05) is 6.92 Å². The van der Waals surface area contributed by atoms with Gasteiger partial charge in [0.15, 0.2) is 0 Å². The molecular formula is C16H31IN2. The molecule has 0 fully saturated rings.